The van der Waals surface area contributed by atoms with E-state index in [9.17, 15) is 14.4 Å². The molecule has 0 saturated carbocycles. The van der Waals surface area contributed by atoms with E-state index in [0.717, 1.165) is 0 Å². The van der Waals surface area contributed by atoms with Crippen molar-refractivity contribution in [2.45, 2.75) is 38.8 Å². The Bertz CT molecular complexity index is 388. The van der Waals surface area contributed by atoms with Crippen LogP contribution >= 0.6 is 0 Å². The molecule has 1 heterocycles. The minimum absolute atomic E-state index is 0.116. The van der Waals surface area contributed by atoms with E-state index in [1.54, 1.807) is 6.92 Å². The quantitative estimate of drug-likeness (QED) is 0.629. The van der Waals surface area contributed by atoms with Crippen molar-refractivity contribution in [1.82, 2.24) is 15.5 Å². The minimum Gasteiger partial charge on any atom is -0.480 e. The number of carbonyl (C=O) groups excluding carboxylic acids is 2. The fourth-order valence-corrected chi connectivity index (χ4v) is 2.13. The molecule has 1 rings (SSSR count). The number of hydrogen-bond donors (Lipinski definition) is 3. The van der Waals surface area contributed by atoms with Gasteiger partial charge in [-0.15, -0.1) is 0 Å². The summed E-state index contributed by atoms with van der Waals surface area (Å²) in [6, 6.07) is -2.22. The predicted molar refractivity (Wildman–Crippen MR) is 74.9 cm³/mol. The first-order chi connectivity index (χ1) is 10.0. The molecule has 3 N–H and O–H groups in total. The summed E-state index contributed by atoms with van der Waals surface area (Å²) in [5.74, 6) is -1.37. The van der Waals surface area contributed by atoms with Crippen molar-refractivity contribution < 1.29 is 24.2 Å². The summed E-state index contributed by atoms with van der Waals surface area (Å²) < 4.78 is 5.23. The largest absolute Gasteiger partial charge is 0.480 e. The Balaban J connectivity index is 2.72. The maximum atomic E-state index is 12.2. The highest BCUT2D eigenvalue weighted by atomic mass is 16.5. The van der Waals surface area contributed by atoms with E-state index in [1.807, 2.05) is 6.92 Å². The molecule has 0 radical (unpaired) electrons. The summed E-state index contributed by atoms with van der Waals surface area (Å²) in [6.07, 6.45) is 0.983. The normalized spacial score (nSPS) is 19.7. The molecule has 3 amide bonds. The van der Waals surface area contributed by atoms with Crippen LogP contribution in [0.2, 0.25) is 0 Å². The molecule has 1 aliphatic heterocycles. The van der Waals surface area contributed by atoms with Crippen LogP contribution in [0, 0.1) is 0 Å². The van der Waals surface area contributed by atoms with Crippen molar-refractivity contribution in [3.8, 4) is 0 Å². The van der Waals surface area contributed by atoms with Crippen molar-refractivity contribution >= 4 is 17.9 Å². The van der Waals surface area contributed by atoms with Crippen LogP contribution in [0.3, 0.4) is 0 Å². The van der Waals surface area contributed by atoms with Crippen molar-refractivity contribution in [3.05, 3.63) is 0 Å². The van der Waals surface area contributed by atoms with Gasteiger partial charge in [-0.3, -0.25) is 4.79 Å². The van der Waals surface area contributed by atoms with Gasteiger partial charge in [0.15, 0.2) is 0 Å². The van der Waals surface area contributed by atoms with E-state index >= 15 is 0 Å². The molecule has 1 fully saturated rings. The fraction of sp³-hybridized carbons (Fsp3) is 0.769. The first kappa shape index (κ1) is 17.2. The molecule has 8 nitrogen and oxygen atoms in total. The van der Waals surface area contributed by atoms with Gasteiger partial charge in [-0.05, 0) is 13.3 Å². The number of carboxylic acid groups (broad SMARTS) is 1. The van der Waals surface area contributed by atoms with E-state index in [4.69, 9.17) is 9.84 Å². The molecular weight excluding hydrogens is 278 g/mol. The molecule has 1 aliphatic rings. The van der Waals surface area contributed by atoms with Crippen molar-refractivity contribution in [2.75, 3.05) is 26.3 Å². The minimum atomic E-state index is -1.08. The molecule has 21 heavy (non-hydrogen) atoms. The van der Waals surface area contributed by atoms with Crippen LogP contribution in [-0.4, -0.2) is 66.3 Å². The zero-order valence-corrected chi connectivity index (χ0v) is 12.4. The number of rotatable bonds is 6. The number of aliphatic carboxylic acids is 1. The van der Waals surface area contributed by atoms with Crippen molar-refractivity contribution in [3.63, 3.8) is 0 Å². The number of nitrogens with zero attached hydrogens (tertiary/aromatic N) is 1. The Morgan fingerprint density at radius 1 is 1.38 bits per heavy atom. The summed E-state index contributed by atoms with van der Waals surface area (Å²) in [5.41, 5.74) is 0. The van der Waals surface area contributed by atoms with Crippen LogP contribution in [0.5, 0.6) is 0 Å². The lowest BCUT2D eigenvalue weighted by Crippen LogP contribution is -2.60. The van der Waals surface area contributed by atoms with Gasteiger partial charge in [0.2, 0.25) is 5.91 Å². The van der Waals surface area contributed by atoms with Gasteiger partial charge in [-0.1, -0.05) is 13.3 Å². The van der Waals surface area contributed by atoms with E-state index in [1.165, 1.54) is 4.90 Å². The van der Waals surface area contributed by atoms with Gasteiger partial charge in [0.1, 0.15) is 12.1 Å². The number of urea groups is 1. The van der Waals surface area contributed by atoms with Crippen molar-refractivity contribution in [1.29, 1.82) is 0 Å². The molecule has 1 unspecified atom stereocenters. The lowest BCUT2D eigenvalue weighted by Gasteiger charge is -2.35. The highest BCUT2D eigenvalue weighted by Crippen LogP contribution is 2.09. The number of morpholine rings is 1. The second-order valence-corrected chi connectivity index (χ2v) is 4.81. The first-order valence-electron chi connectivity index (χ1n) is 7.16. The standard InChI is InChI=1S/C13H23N3O5/c1-3-5-9(12(18)19)15-13(20)16-6-7-21-8-10(16)11(17)14-4-2/h9-10H,3-8H2,1-2H3,(H,14,17)(H,15,20)(H,18,19)/t9-,10?/m0/s1. The van der Waals surface area contributed by atoms with Crippen LogP contribution in [0.25, 0.3) is 0 Å². The zero-order valence-electron chi connectivity index (χ0n) is 12.4. The number of carboxylic acids is 1. The Morgan fingerprint density at radius 2 is 2.10 bits per heavy atom. The highest BCUT2D eigenvalue weighted by molar-refractivity contribution is 5.89. The molecule has 2 atom stereocenters. The summed E-state index contributed by atoms with van der Waals surface area (Å²) in [5, 5.41) is 14.2. The second-order valence-electron chi connectivity index (χ2n) is 4.81. The zero-order chi connectivity index (χ0) is 15.8. The molecule has 0 aromatic heterocycles. The Labute approximate surface area is 123 Å². The van der Waals surface area contributed by atoms with Crippen LogP contribution in [0.1, 0.15) is 26.7 Å². The van der Waals surface area contributed by atoms with E-state index in [2.05, 4.69) is 10.6 Å². The average Bonchev–Trinajstić information content (AvgIpc) is 2.46. The third kappa shape index (κ3) is 4.89. The summed E-state index contributed by atoms with van der Waals surface area (Å²) in [6.45, 7) is 4.78. The third-order valence-corrected chi connectivity index (χ3v) is 3.22. The van der Waals surface area contributed by atoms with E-state index < -0.39 is 24.1 Å². The van der Waals surface area contributed by atoms with Gasteiger partial charge < -0.3 is 25.4 Å². The average molecular weight is 301 g/mol. The van der Waals surface area contributed by atoms with Crippen LogP contribution in [-0.2, 0) is 14.3 Å². The molecule has 8 heteroatoms. The number of amides is 3. The number of nitrogens with one attached hydrogen (secondary N) is 2. The predicted octanol–water partition coefficient (Wildman–Crippen LogP) is -0.214. The lowest BCUT2D eigenvalue weighted by molar-refractivity contribution is -0.139. The third-order valence-electron chi connectivity index (χ3n) is 3.22. The number of likely N-dealkylation sites (N-methyl/N-ethyl adjacent to an activating group) is 1. The molecule has 0 aromatic carbocycles. The topological polar surface area (TPSA) is 108 Å². The SMILES string of the molecule is CCC[C@H](NC(=O)N1CCOCC1C(=O)NCC)C(=O)O. The molecule has 0 aromatic rings. The van der Waals surface area contributed by atoms with Gasteiger partial charge in [0.05, 0.1) is 13.2 Å². The maximum absolute atomic E-state index is 12.2. The molecule has 120 valence electrons. The monoisotopic (exact) mass is 301 g/mol. The van der Waals surface area contributed by atoms with Crippen LogP contribution in [0.4, 0.5) is 4.79 Å². The number of hydrogen-bond acceptors (Lipinski definition) is 4. The highest BCUT2D eigenvalue weighted by Gasteiger charge is 2.34. The Hall–Kier alpha value is -1.83. The molecule has 0 bridgehead atoms. The van der Waals surface area contributed by atoms with Crippen molar-refractivity contribution in [2.24, 2.45) is 0 Å². The number of carbonyl (C=O) groups is 3. The van der Waals surface area contributed by atoms with Gasteiger partial charge in [-0.2, -0.15) is 0 Å². The summed E-state index contributed by atoms with van der Waals surface area (Å²) in [4.78, 5) is 36.6. The van der Waals surface area contributed by atoms with E-state index in [0.29, 0.717) is 26.0 Å². The van der Waals surface area contributed by atoms with Crippen LogP contribution < -0.4 is 10.6 Å². The molecule has 0 spiro atoms. The fourth-order valence-electron chi connectivity index (χ4n) is 2.13. The number of ether oxygens (including phenoxy) is 1. The van der Waals surface area contributed by atoms with E-state index in [-0.39, 0.29) is 19.1 Å². The summed E-state index contributed by atoms with van der Waals surface area (Å²) in [7, 11) is 0. The molecule has 1 saturated heterocycles. The maximum Gasteiger partial charge on any atom is 0.326 e. The Morgan fingerprint density at radius 3 is 2.67 bits per heavy atom. The van der Waals surface area contributed by atoms with Gasteiger partial charge in [0, 0.05) is 13.1 Å². The van der Waals surface area contributed by atoms with Gasteiger partial charge in [-0.25, -0.2) is 9.59 Å². The molecule has 0 aliphatic carbocycles. The Kier molecular flexibility index (Phi) is 6.93. The van der Waals surface area contributed by atoms with Crippen LogP contribution in [0.15, 0.2) is 0 Å². The van der Waals surface area contributed by atoms with Gasteiger partial charge >= 0.3 is 12.0 Å². The first-order valence-corrected chi connectivity index (χ1v) is 7.16. The lowest BCUT2D eigenvalue weighted by atomic mass is 10.1. The van der Waals surface area contributed by atoms with Gasteiger partial charge in [0.25, 0.3) is 0 Å². The summed E-state index contributed by atoms with van der Waals surface area (Å²) >= 11 is 0. The second kappa shape index (κ2) is 8.46. The molecular formula is C13H23N3O5. The smallest absolute Gasteiger partial charge is 0.326 e.